The highest BCUT2D eigenvalue weighted by Gasteiger charge is 2.28. The van der Waals surface area contributed by atoms with Crippen LogP contribution >= 0.6 is 0 Å². The van der Waals surface area contributed by atoms with E-state index in [2.05, 4.69) is 20.5 Å². The van der Waals surface area contributed by atoms with Gasteiger partial charge in [0.2, 0.25) is 0 Å². The third kappa shape index (κ3) is 3.52. The van der Waals surface area contributed by atoms with E-state index in [-0.39, 0.29) is 17.8 Å². The summed E-state index contributed by atoms with van der Waals surface area (Å²) in [6, 6.07) is 8.57. The smallest absolute Gasteiger partial charge is 0.321 e. The van der Waals surface area contributed by atoms with Gasteiger partial charge in [0.1, 0.15) is 11.9 Å². The van der Waals surface area contributed by atoms with Crippen molar-refractivity contribution in [1.29, 1.82) is 0 Å². The summed E-state index contributed by atoms with van der Waals surface area (Å²) in [6.07, 6.45) is 4.01. The van der Waals surface area contributed by atoms with Gasteiger partial charge >= 0.3 is 6.03 Å². The first-order valence-corrected chi connectivity index (χ1v) is 8.50. The van der Waals surface area contributed by atoms with Crippen molar-refractivity contribution in [3.8, 4) is 5.75 Å². The molecule has 0 bridgehead atoms. The largest absolute Gasteiger partial charge is 0.487 e. The van der Waals surface area contributed by atoms with Gasteiger partial charge in [-0.25, -0.2) is 4.79 Å². The van der Waals surface area contributed by atoms with E-state index in [9.17, 15) is 9.59 Å². The van der Waals surface area contributed by atoms with E-state index < -0.39 is 5.91 Å². The summed E-state index contributed by atoms with van der Waals surface area (Å²) in [6.45, 7) is 1.08. The fourth-order valence-corrected chi connectivity index (χ4v) is 3.10. The van der Waals surface area contributed by atoms with Gasteiger partial charge in [-0.3, -0.25) is 14.9 Å². The SMILES string of the molecule is NC(=O)c1n[nH]c2ccc(NC(=O)N3CC[C@@H](Oc4cccnc4)C3)cc12. The Balaban J connectivity index is 1.41. The maximum Gasteiger partial charge on any atom is 0.321 e. The second-order valence-corrected chi connectivity index (χ2v) is 6.29. The molecule has 1 atom stereocenters. The summed E-state index contributed by atoms with van der Waals surface area (Å²) in [5.74, 6) is 0.0637. The Labute approximate surface area is 154 Å². The van der Waals surface area contributed by atoms with Crippen molar-refractivity contribution in [2.45, 2.75) is 12.5 Å². The number of urea groups is 1. The van der Waals surface area contributed by atoms with E-state index in [0.29, 0.717) is 35.4 Å². The van der Waals surface area contributed by atoms with E-state index in [0.717, 1.165) is 6.42 Å². The monoisotopic (exact) mass is 366 g/mol. The molecule has 2 aromatic heterocycles. The van der Waals surface area contributed by atoms with Gasteiger partial charge in [-0.15, -0.1) is 0 Å². The number of benzene rings is 1. The van der Waals surface area contributed by atoms with Crippen molar-refractivity contribution in [3.63, 3.8) is 0 Å². The number of anilines is 1. The molecule has 1 fully saturated rings. The average molecular weight is 366 g/mol. The number of fused-ring (bicyclic) bond motifs is 1. The minimum atomic E-state index is -0.625. The number of ether oxygens (including phenoxy) is 1. The predicted molar refractivity (Wildman–Crippen MR) is 98.5 cm³/mol. The van der Waals surface area contributed by atoms with Gasteiger partial charge in [-0.1, -0.05) is 0 Å². The minimum Gasteiger partial charge on any atom is -0.487 e. The number of amides is 3. The standard InChI is InChI=1S/C18H18N6O3/c19-17(25)16-14-8-11(3-4-15(14)22-23-16)21-18(26)24-7-5-13(10-24)27-12-2-1-6-20-9-12/h1-4,6,8-9,13H,5,7,10H2,(H2,19,25)(H,21,26)(H,22,23)/t13-/m1/s1. The first kappa shape index (κ1) is 16.8. The van der Waals surface area contributed by atoms with E-state index in [1.54, 1.807) is 41.6 Å². The first-order chi connectivity index (χ1) is 13.1. The van der Waals surface area contributed by atoms with Crippen LogP contribution in [0.15, 0.2) is 42.7 Å². The zero-order chi connectivity index (χ0) is 18.8. The summed E-state index contributed by atoms with van der Waals surface area (Å²) < 4.78 is 5.85. The number of nitrogens with two attached hydrogens (primary N) is 1. The van der Waals surface area contributed by atoms with Gasteiger partial charge in [-0.2, -0.15) is 5.10 Å². The Morgan fingerprint density at radius 1 is 1.33 bits per heavy atom. The highest BCUT2D eigenvalue weighted by atomic mass is 16.5. The molecule has 1 aliphatic rings. The molecule has 3 amide bonds. The molecule has 4 rings (SSSR count). The molecule has 1 saturated heterocycles. The van der Waals surface area contributed by atoms with E-state index >= 15 is 0 Å². The van der Waals surface area contributed by atoms with Crippen LogP contribution in [-0.4, -0.2) is 51.2 Å². The molecule has 0 radical (unpaired) electrons. The van der Waals surface area contributed by atoms with Crippen molar-refractivity contribution in [2.24, 2.45) is 5.73 Å². The van der Waals surface area contributed by atoms with E-state index in [1.165, 1.54) is 0 Å². The Bertz CT molecular complexity index is 987. The number of aromatic amines is 1. The topological polar surface area (TPSA) is 126 Å². The van der Waals surface area contributed by atoms with Gasteiger partial charge in [0.05, 0.1) is 18.3 Å². The molecule has 9 nitrogen and oxygen atoms in total. The lowest BCUT2D eigenvalue weighted by molar-refractivity contribution is 0.0997. The first-order valence-electron chi connectivity index (χ1n) is 8.50. The lowest BCUT2D eigenvalue weighted by atomic mass is 10.2. The molecule has 4 N–H and O–H groups in total. The molecule has 0 saturated carbocycles. The maximum atomic E-state index is 12.5. The van der Waals surface area contributed by atoms with Gasteiger partial charge < -0.3 is 20.7 Å². The molecule has 138 valence electrons. The molecule has 0 spiro atoms. The third-order valence-electron chi connectivity index (χ3n) is 4.42. The highest BCUT2D eigenvalue weighted by molar-refractivity contribution is 6.05. The lowest BCUT2D eigenvalue weighted by Crippen LogP contribution is -2.34. The molecular formula is C18H18N6O3. The molecule has 9 heteroatoms. The van der Waals surface area contributed by atoms with Crippen LogP contribution in [-0.2, 0) is 0 Å². The number of nitrogens with zero attached hydrogens (tertiary/aromatic N) is 3. The van der Waals surface area contributed by atoms with E-state index in [1.807, 2.05) is 6.07 Å². The predicted octanol–water partition coefficient (Wildman–Crippen LogP) is 1.74. The van der Waals surface area contributed by atoms with Crippen LogP contribution in [0.5, 0.6) is 5.75 Å². The summed E-state index contributed by atoms with van der Waals surface area (Å²) in [7, 11) is 0. The fraction of sp³-hybridized carbons (Fsp3) is 0.222. The molecule has 27 heavy (non-hydrogen) atoms. The van der Waals surface area contributed by atoms with Gasteiger partial charge in [-0.05, 0) is 30.3 Å². The second-order valence-electron chi connectivity index (χ2n) is 6.29. The third-order valence-corrected chi connectivity index (χ3v) is 4.42. The molecule has 3 heterocycles. The Kier molecular flexibility index (Phi) is 4.33. The Morgan fingerprint density at radius 2 is 2.22 bits per heavy atom. The number of hydrogen-bond donors (Lipinski definition) is 3. The highest BCUT2D eigenvalue weighted by Crippen LogP contribution is 2.22. The maximum absolute atomic E-state index is 12.5. The molecule has 1 aromatic carbocycles. The van der Waals surface area contributed by atoms with Crippen LogP contribution < -0.4 is 15.8 Å². The van der Waals surface area contributed by atoms with Crippen LogP contribution in [0.4, 0.5) is 10.5 Å². The fourth-order valence-electron chi connectivity index (χ4n) is 3.10. The van der Waals surface area contributed by atoms with Crippen LogP contribution in [0.1, 0.15) is 16.9 Å². The number of likely N-dealkylation sites (tertiary alicyclic amines) is 1. The van der Waals surface area contributed by atoms with Crippen molar-refractivity contribution >= 4 is 28.5 Å². The van der Waals surface area contributed by atoms with Crippen LogP contribution in [0.25, 0.3) is 10.9 Å². The zero-order valence-electron chi connectivity index (χ0n) is 14.4. The van der Waals surface area contributed by atoms with Crippen molar-refractivity contribution in [3.05, 3.63) is 48.4 Å². The zero-order valence-corrected chi connectivity index (χ0v) is 14.4. The molecule has 0 unspecified atom stereocenters. The van der Waals surface area contributed by atoms with Crippen molar-refractivity contribution in [2.75, 3.05) is 18.4 Å². The number of rotatable bonds is 4. The van der Waals surface area contributed by atoms with Gasteiger partial charge in [0.25, 0.3) is 5.91 Å². The quantitative estimate of drug-likeness (QED) is 0.648. The van der Waals surface area contributed by atoms with Gasteiger partial charge in [0.15, 0.2) is 5.69 Å². The number of H-pyrrole nitrogens is 1. The van der Waals surface area contributed by atoms with Crippen LogP contribution in [0.3, 0.4) is 0 Å². The number of aromatic nitrogens is 3. The average Bonchev–Trinajstić information content (AvgIpc) is 3.29. The van der Waals surface area contributed by atoms with Crippen molar-refractivity contribution in [1.82, 2.24) is 20.1 Å². The minimum absolute atomic E-state index is 0.0715. The summed E-state index contributed by atoms with van der Waals surface area (Å²) in [5, 5.41) is 10.0. The second kappa shape index (κ2) is 6.94. The molecular weight excluding hydrogens is 348 g/mol. The number of pyridine rings is 1. The Morgan fingerprint density at radius 3 is 3.00 bits per heavy atom. The molecule has 0 aliphatic carbocycles. The van der Waals surface area contributed by atoms with Crippen LogP contribution in [0, 0.1) is 0 Å². The van der Waals surface area contributed by atoms with Gasteiger partial charge in [0, 0.05) is 30.2 Å². The number of nitrogens with one attached hydrogen (secondary N) is 2. The number of carbonyl (C=O) groups excluding carboxylic acids is 2. The summed E-state index contributed by atoms with van der Waals surface area (Å²) >= 11 is 0. The summed E-state index contributed by atoms with van der Waals surface area (Å²) in [4.78, 5) is 29.7. The number of primary amides is 1. The lowest BCUT2D eigenvalue weighted by Gasteiger charge is -2.18. The van der Waals surface area contributed by atoms with Crippen LogP contribution in [0.2, 0.25) is 0 Å². The normalized spacial score (nSPS) is 16.4. The number of hydrogen-bond acceptors (Lipinski definition) is 5. The molecule has 1 aliphatic heterocycles. The number of carbonyl (C=O) groups is 2. The Hall–Kier alpha value is -3.62. The summed E-state index contributed by atoms with van der Waals surface area (Å²) in [5.41, 5.74) is 6.70. The molecule has 3 aromatic rings. The van der Waals surface area contributed by atoms with Crippen molar-refractivity contribution < 1.29 is 14.3 Å². The van der Waals surface area contributed by atoms with E-state index in [4.69, 9.17) is 10.5 Å².